The molecule has 2 aromatic rings. The summed E-state index contributed by atoms with van der Waals surface area (Å²) < 4.78 is 0. The number of amides is 1. The standard InChI is InChI=1S/C14H17N5OS/c1-21-8-5-11(15)14(20)19-18-9-10-3-2-4-12-13(10)17-7-6-16-12/h2-4,6-7,9,11H,5,8,15H2,1H3,(H,19,20)/p+1. The van der Waals surface area contributed by atoms with Gasteiger partial charge in [-0.3, -0.25) is 14.8 Å². The number of quaternary nitrogens is 1. The van der Waals surface area contributed by atoms with Crippen LogP contribution in [0.5, 0.6) is 0 Å². The number of carbonyl (C=O) groups is 1. The van der Waals surface area contributed by atoms with E-state index >= 15 is 0 Å². The van der Waals surface area contributed by atoms with Crippen LogP contribution in [-0.2, 0) is 4.79 Å². The van der Waals surface area contributed by atoms with Crippen molar-refractivity contribution in [1.29, 1.82) is 0 Å². The predicted molar refractivity (Wildman–Crippen MR) is 84.9 cm³/mol. The Morgan fingerprint density at radius 1 is 1.48 bits per heavy atom. The van der Waals surface area contributed by atoms with Crippen LogP contribution in [0.15, 0.2) is 35.7 Å². The van der Waals surface area contributed by atoms with Gasteiger partial charge in [0.1, 0.15) is 0 Å². The van der Waals surface area contributed by atoms with E-state index in [2.05, 4.69) is 26.2 Å². The van der Waals surface area contributed by atoms with Gasteiger partial charge in [-0.05, 0) is 18.1 Å². The largest absolute Gasteiger partial charge is 0.347 e. The fraction of sp³-hybridized carbons (Fsp3) is 0.286. The molecule has 1 amide bonds. The quantitative estimate of drug-likeness (QED) is 0.598. The number of nitrogens with one attached hydrogen (secondary N) is 1. The third-order valence-electron chi connectivity index (χ3n) is 2.95. The minimum Gasteiger partial charge on any atom is -0.347 e. The van der Waals surface area contributed by atoms with Crippen LogP contribution in [0.25, 0.3) is 11.0 Å². The molecule has 2 rings (SSSR count). The van der Waals surface area contributed by atoms with Gasteiger partial charge in [-0.25, -0.2) is 5.43 Å². The molecule has 0 radical (unpaired) electrons. The molecule has 1 atom stereocenters. The van der Waals surface area contributed by atoms with Crippen LogP contribution < -0.4 is 11.2 Å². The third-order valence-corrected chi connectivity index (χ3v) is 3.59. The lowest BCUT2D eigenvalue weighted by molar-refractivity contribution is -0.403. The normalized spacial score (nSPS) is 12.7. The molecule has 0 aliphatic carbocycles. The van der Waals surface area contributed by atoms with E-state index in [4.69, 9.17) is 0 Å². The SMILES string of the molecule is CSCCC([NH3+])C(=O)NN=Cc1cccc2nccnc12. The number of hydrogen-bond acceptors (Lipinski definition) is 5. The van der Waals surface area contributed by atoms with Crippen LogP contribution in [0.1, 0.15) is 12.0 Å². The zero-order valence-electron chi connectivity index (χ0n) is 11.8. The molecule has 7 heteroatoms. The molecule has 110 valence electrons. The smallest absolute Gasteiger partial charge is 0.298 e. The molecule has 1 aromatic heterocycles. The molecule has 0 saturated heterocycles. The summed E-state index contributed by atoms with van der Waals surface area (Å²) in [6.45, 7) is 0. The first-order chi connectivity index (χ1) is 10.2. The van der Waals surface area contributed by atoms with Gasteiger partial charge in [-0.2, -0.15) is 16.9 Å². The monoisotopic (exact) mass is 304 g/mol. The minimum atomic E-state index is -0.290. The molecule has 6 nitrogen and oxygen atoms in total. The Morgan fingerprint density at radius 2 is 2.29 bits per heavy atom. The molecule has 0 aliphatic rings. The fourth-order valence-electron chi connectivity index (χ4n) is 1.77. The Balaban J connectivity index is 2.02. The third kappa shape index (κ3) is 4.24. The molecule has 0 fully saturated rings. The van der Waals surface area contributed by atoms with Crippen molar-refractivity contribution in [3.05, 3.63) is 36.2 Å². The highest BCUT2D eigenvalue weighted by Crippen LogP contribution is 2.11. The lowest BCUT2D eigenvalue weighted by Gasteiger charge is -2.05. The molecular formula is C14H18N5OS+. The van der Waals surface area contributed by atoms with Crippen LogP contribution in [-0.4, -0.2) is 40.1 Å². The van der Waals surface area contributed by atoms with Gasteiger partial charge in [0.05, 0.1) is 17.2 Å². The summed E-state index contributed by atoms with van der Waals surface area (Å²) in [6.07, 6.45) is 7.60. The first-order valence-corrected chi connectivity index (χ1v) is 7.96. The van der Waals surface area contributed by atoms with Crippen molar-refractivity contribution < 1.29 is 10.5 Å². The highest BCUT2D eigenvalue weighted by atomic mass is 32.2. The number of hydrazone groups is 1. The molecule has 0 aliphatic heterocycles. The molecule has 1 aromatic carbocycles. The van der Waals surface area contributed by atoms with Gasteiger partial charge in [-0.15, -0.1) is 0 Å². The molecule has 4 N–H and O–H groups in total. The Hall–Kier alpha value is -1.99. The average molecular weight is 304 g/mol. The summed E-state index contributed by atoms with van der Waals surface area (Å²) in [6, 6.07) is 5.35. The molecule has 0 saturated carbocycles. The Kier molecular flexibility index (Phi) is 5.65. The molecular weight excluding hydrogens is 286 g/mol. The van der Waals surface area contributed by atoms with Gasteiger partial charge in [0.25, 0.3) is 5.91 Å². The lowest BCUT2D eigenvalue weighted by Crippen LogP contribution is -2.67. The van der Waals surface area contributed by atoms with Crippen LogP contribution in [0.3, 0.4) is 0 Å². The summed E-state index contributed by atoms with van der Waals surface area (Å²) in [7, 11) is 0. The van der Waals surface area contributed by atoms with Crippen molar-refractivity contribution in [2.45, 2.75) is 12.5 Å². The first-order valence-electron chi connectivity index (χ1n) is 6.57. The summed E-state index contributed by atoms with van der Waals surface area (Å²) in [5, 5.41) is 3.98. The van der Waals surface area contributed by atoms with E-state index in [1.807, 2.05) is 24.5 Å². The highest BCUT2D eigenvalue weighted by Gasteiger charge is 2.15. The van der Waals surface area contributed by atoms with E-state index in [1.165, 1.54) is 0 Å². The van der Waals surface area contributed by atoms with Crippen LogP contribution >= 0.6 is 11.8 Å². The minimum absolute atomic E-state index is 0.174. The summed E-state index contributed by atoms with van der Waals surface area (Å²) in [5.41, 5.74) is 8.71. The van der Waals surface area contributed by atoms with Crippen LogP contribution in [0.4, 0.5) is 0 Å². The lowest BCUT2D eigenvalue weighted by atomic mass is 10.2. The van der Waals surface area contributed by atoms with Crippen molar-refractivity contribution in [2.75, 3.05) is 12.0 Å². The zero-order chi connectivity index (χ0) is 15.1. The van der Waals surface area contributed by atoms with Crippen LogP contribution in [0, 0.1) is 0 Å². The van der Waals surface area contributed by atoms with E-state index in [9.17, 15) is 4.79 Å². The number of para-hydroxylation sites is 1. The molecule has 1 unspecified atom stereocenters. The number of hydrogen-bond donors (Lipinski definition) is 2. The number of thioether (sulfide) groups is 1. The molecule has 21 heavy (non-hydrogen) atoms. The van der Waals surface area contributed by atoms with Gasteiger partial charge in [0, 0.05) is 24.4 Å². The summed E-state index contributed by atoms with van der Waals surface area (Å²) >= 11 is 1.70. The van der Waals surface area contributed by atoms with Crippen molar-refractivity contribution in [1.82, 2.24) is 15.4 Å². The second kappa shape index (κ2) is 7.70. The summed E-state index contributed by atoms with van der Waals surface area (Å²) in [4.78, 5) is 20.3. The van der Waals surface area contributed by atoms with Gasteiger partial charge in [0.2, 0.25) is 0 Å². The Labute approximate surface area is 127 Å². The van der Waals surface area contributed by atoms with Gasteiger partial charge < -0.3 is 5.73 Å². The number of rotatable bonds is 6. The second-order valence-corrected chi connectivity index (χ2v) is 5.47. The zero-order valence-corrected chi connectivity index (χ0v) is 12.6. The van der Waals surface area contributed by atoms with E-state index in [1.54, 1.807) is 30.4 Å². The summed E-state index contributed by atoms with van der Waals surface area (Å²) in [5.74, 6) is 0.733. The number of nitrogens with zero attached hydrogens (tertiary/aromatic N) is 3. The van der Waals surface area contributed by atoms with Crippen molar-refractivity contribution in [3.63, 3.8) is 0 Å². The van der Waals surface area contributed by atoms with E-state index in [0.717, 1.165) is 28.8 Å². The van der Waals surface area contributed by atoms with Crippen molar-refractivity contribution >= 4 is 34.9 Å². The average Bonchev–Trinajstić information content (AvgIpc) is 2.52. The maximum atomic E-state index is 11.8. The van der Waals surface area contributed by atoms with E-state index in [-0.39, 0.29) is 11.9 Å². The number of carbonyl (C=O) groups excluding carboxylic acids is 1. The number of fused-ring (bicyclic) bond motifs is 1. The Morgan fingerprint density at radius 3 is 3.10 bits per heavy atom. The second-order valence-electron chi connectivity index (χ2n) is 4.48. The van der Waals surface area contributed by atoms with E-state index in [0.29, 0.717) is 0 Å². The molecule has 0 bridgehead atoms. The van der Waals surface area contributed by atoms with E-state index < -0.39 is 0 Å². The van der Waals surface area contributed by atoms with Gasteiger partial charge in [-0.1, -0.05) is 12.1 Å². The Bertz CT molecular complexity index is 641. The maximum Gasteiger partial charge on any atom is 0.298 e. The predicted octanol–water partition coefficient (Wildman–Crippen LogP) is 0.444. The first kappa shape index (κ1) is 15.4. The van der Waals surface area contributed by atoms with Crippen LogP contribution in [0.2, 0.25) is 0 Å². The fourth-order valence-corrected chi connectivity index (χ4v) is 2.29. The number of aromatic nitrogens is 2. The molecule has 0 spiro atoms. The van der Waals surface area contributed by atoms with Crippen molar-refractivity contribution in [2.24, 2.45) is 5.10 Å². The van der Waals surface area contributed by atoms with Crippen molar-refractivity contribution in [3.8, 4) is 0 Å². The topological polar surface area (TPSA) is 94.9 Å². The van der Waals surface area contributed by atoms with Gasteiger partial charge in [0.15, 0.2) is 6.04 Å². The number of benzene rings is 1. The molecule has 1 heterocycles. The highest BCUT2D eigenvalue weighted by molar-refractivity contribution is 7.98. The maximum absolute atomic E-state index is 11.8. The van der Waals surface area contributed by atoms with Gasteiger partial charge >= 0.3 is 0 Å².